The van der Waals surface area contributed by atoms with Crippen LogP contribution in [0.2, 0.25) is 0 Å². The first-order valence-corrected chi connectivity index (χ1v) is 3.49. The molecule has 7 heavy (non-hydrogen) atoms. The van der Waals surface area contributed by atoms with E-state index in [1.807, 2.05) is 0 Å². The molecule has 0 aliphatic carbocycles. The monoisotopic (exact) mass is 119 g/mol. The zero-order valence-electron chi connectivity index (χ0n) is 4.31. The number of rotatable bonds is 4. The summed E-state index contributed by atoms with van der Waals surface area (Å²) in [6.07, 6.45) is 0. The Hall–Kier alpha value is 0.270. The summed E-state index contributed by atoms with van der Waals surface area (Å²) in [4.78, 5) is 0. The Kier molecular flexibility index (Phi) is 6.51. The van der Waals surface area contributed by atoms with Crippen LogP contribution in [-0.4, -0.2) is 24.6 Å². The Bertz CT molecular complexity index is 28.9. The van der Waals surface area contributed by atoms with Gasteiger partial charge < -0.3 is 5.73 Å². The number of hydrogen-bond donors (Lipinski definition) is 1. The molecule has 0 unspecified atom stereocenters. The third-order valence-corrected chi connectivity index (χ3v) is 1.53. The fourth-order valence-electron chi connectivity index (χ4n) is 0.258. The molecule has 43 valence electrons. The van der Waals surface area contributed by atoms with Gasteiger partial charge in [0.1, 0.15) is 0 Å². The molecule has 1 radical (unpaired) electrons. The van der Waals surface area contributed by atoms with Crippen molar-refractivity contribution >= 4 is 11.8 Å². The van der Waals surface area contributed by atoms with E-state index >= 15 is 0 Å². The minimum absolute atomic E-state index is 0.519. The average Bonchev–Trinajstić information content (AvgIpc) is 1.69. The quantitative estimate of drug-likeness (QED) is 0.528. The van der Waals surface area contributed by atoms with Crippen LogP contribution in [0.3, 0.4) is 0 Å². The first kappa shape index (κ1) is 7.27. The fourth-order valence-corrected chi connectivity index (χ4v) is 0.773. The van der Waals surface area contributed by atoms with Crippen LogP contribution in [0.4, 0.5) is 0 Å². The molecule has 0 saturated carbocycles. The van der Waals surface area contributed by atoms with Gasteiger partial charge in [-0.05, 0) is 0 Å². The van der Waals surface area contributed by atoms with Crippen molar-refractivity contribution in [3.63, 3.8) is 0 Å². The van der Waals surface area contributed by atoms with Gasteiger partial charge in [-0.25, -0.2) is 0 Å². The van der Waals surface area contributed by atoms with Crippen LogP contribution < -0.4 is 11.5 Å². The highest BCUT2D eigenvalue weighted by molar-refractivity contribution is 7.99. The highest BCUT2D eigenvalue weighted by Gasteiger charge is 1.80. The Morgan fingerprint density at radius 2 is 2.14 bits per heavy atom. The molecule has 2 nitrogen and oxygen atoms in total. The van der Waals surface area contributed by atoms with Gasteiger partial charge in [0.25, 0.3) is 0 Å². The van der Waals surface area contributed by atoms with E-state index in [4.69, 9.17) is 11.5 Å². The first-order valence-electron chi connectivity index (χ1n) is 2.34. The predicted molar refractivity (Wildman–Crippen MR) is 34.3 cm³/mol. The van der Waals surface area contributed by atoms with Crippen molar-refractivity contribution in [3.05, 3.63) is 0 Å². The van der Waals surface area contributed by atoms with Crippen LogP contribution in [0.1, 0.15) is 0 Å². The SMILES string of the molecule is [NH]CCSCCN. The number of nitrogens with one attached hydrogen (secondary N) is 1. The summed E-state index contributed by atoms with van der Waals surface area (Å²) in [6.45, 7) is 1.26. The molecule has 0 saturated heterocycles. The highest BCUT2D eigenvalue weighted by Crippen LogP contribution is 1.93. The van der Waals surface area contributed by atoms with Crippen molar-refractivity contribution in [2.75, 3.05) is 24.6 Å². The van der Waals surface area contributed by atoms with Gasteiger partial charge in [-0.15, -0.1) is 0 Å². The van der Waals surface area contributed by atoms with Gasteiger partial charge >= 0.3 is 0 Å². The summed E-state index contributed by atoms with van der Waals surface area (Å²) in [7, 11) is 0. The van der Waals surface area contributed by atoms with Crippen molar-refractivity contribution in [2.24, 2.45) is 5.73 Å². The van der Waals surface area contributed by atoms with E-state index < -0.39 is 0 Å². The summed E-state index contributed by atoms with van der Waals surface area (Å²) in [6, 6.07) is 0. The van der Waals surface area contributed by atoms with Crippen LogP contribution in [0.25, 0.3) is 0 Å². The number of thioether (sulfide) groups is 1. The molecule has 3 N–H and O–H groups in total. The molecule has 0 atom stereocenters. The summed E-state index contributed by atoms with van der Waals surface area (Å²) >= 11 is 1.74. The fraction of sp³-hybridized carbons (Fsp3) is 1.00. The maximum Gasteiger partial charge on any atom is 0.0191 e. The summed E-state index contributed by atoms with van der Waals surface area (Å²) in [5.74, 6) is 1.93. The van der Waals surface area contributed by atoms with Crippen LogP contribution in [0.15, 0.2) is 0 Å². The van der Waals surface area contributed by atoms with E-state index in [-0.39, 0.29) is 0 Å². The third-order valence-electron chi connectivity index (χ3n) is 0.509. The van der Waals surface area contributed by atoms with Gasteiger partial charge in [-0.3, -0.25) is 5.73 Å². The van der Waals surface area contributed by atoms with Crippen molar-refractivity contribution < 1.29 is 0 Å². The molecular weight excluding hydrogens is 108 g/mol. The van der Waals surface area contributed by atoms with Gasteiger partial charge in [0.2, 0.25) is 0 Å². The lowest BCUT2D eigenvalue weighted by molar-refractivity contribution is 1.09. The van der Waals surface area contributed by atoms with Crippen LogP contribution in [0.5, 0.6) is 0 Å². The van der Waals surface area contributed by atoms with E-state index in [0.29, 0.717) is 6.54 Å². The predicted octanol–water partition coefficient (Wildman–Crippen LogP) is -0.0388. The molecule has 0 aromatic carbocycles. The molecule has 0 heterocycles. The van der Waals surface area contributed by atoms with Gasteiger partial charge in [-0.1, -0.05) is 0 Å². The lowest BCUT2D eigenvalue weighted by Gasteiger charge is -1.91. The molecular formula is C4H11N2S. The Morgan fingerprint density at radius 1 is 1.43 bits per heavy atom. The third kappa shape index (κ3) is 6.27. The second-order valence-corrected chi connectivity index (χ2v) is 2.38. The molecule has 0 rings (SSSR count). The summed E-state index contributed by atoms with van der Waals surface area (Å²) in [5.41, 5.74) is 11.9. The van der Waals surface area contributed by atoms with Gasteiger partial charge in [0, 0.05) is 24.6 Å². The lowest BCUT2D eigenvalue weighted by atomic mass is 10.8. The molecule has 0 fully saturated rings. The van der Waals surface area contributed by atoms with Crippen LogP contribution in [0, 0.1) is 0 Å². The Balaban J connectivity index is 2.45. The van der Waals surface area contributed by atoms with Crippen molar-refractivity contribution in [1.82, 2.24) is 5.73 Å². The summed E-state index contributed by atoms with van der Waals surface area (Å²) < 4.78 is 0. The Morgan fingerprint density at radius 3 is 2.57 bits per heavy atom. The topological polar surface area (TPSA) is 49.8 Å². The normalized spacial score (nSPS) is 9.43. The van der Waals surface area contributed by atoms with Crippen molar-refractivity contribution in [3.8, 4) is 0 Å². The highest BCUT2D eigenvalue weighted by atomic mass is 32.2. The minimum atomic E-state index is 0.519. The van der Waals surface area contributed by atoms with Crippen LogP contribution >= 0.6 is 11.8 Å². The molecule has 0 aromatic heterocycles. The Labute approximate surface area is 48.6 Å². The second-order valence-electron chi connectivity index (χ2n) is 1.15. The molecule has 0 bridgehead atoms. The van der Waals surface area contributed by atoms with E-state index in [9.17, 15) is 0 Å². The molecule has 3 heteroatoms. The summed E-state index contributed by atoms with van der Waals surface area (Å²) in [5, 5.41) is 0. The maximum atomic E-state index is 6.72. The molecule has 0 amide bonds. The van der Waals surface area contributed by atoms with E-state index in [0.717, 1.165) is 18.1 Å². The largest absolute Gasteiger partial charge is 0.330 e. The van der Waals surface area contributed by atoms with E-state index in [2.05, 4.69) is 0 Å². The van der Waals surface area contributed by atoms with Crippen LogP contribution in [-0.2, 0) is 0 Å². The minimum Gasteiger partial charge on any atom is -0.330 e. The number of hydrogen-bond acceptors (Lipinski definition) is 2. The van der Waals surface area contributed by atoms with Crippen molar-refractivity contribution in [1.29, 1.82) is 0 Å². The van der Waals surface area contributed by atoms with Crippen molar-refractivity contribution in [2.45, 2.75) is 0 Å². The average molecular weight is 119 g/mol. The molecule has 0 spiro atoms. The molecule has 0 aromatic rings. The van der Waals surface area contributed by atoms with E-state index in [1.54, 1.807) is 11.8 Å². The second kappa shape index (κ2) is 6.27. The first-order chi connectivity index (χ1) is 3.41. The van der Waals surface area contributed by atoms with Gasteiger partial charge in [-0.2, -0.15) is 11.8 Å². The smallest absolute Gasteiger partial charge is 0.0191 e. The number of nitrogens with two attached hydrogens (primary N) is 1. The van der Waals surface area contributed by atoms with E-state index in [1.165, 1.54) is 0 Å². The zero-order valence-corrected chi connectivity index (χ0v) is 5.13. The zero-order chi connectivity index (χ0) is 5.54. The molecule has 0 aliphatic heterocycles. The van der Waals surface area contributed by atoms with Gasteiger partial charge in [0.05, 0.1) is 0 Å². The molecule has 0 aliphatic rings. The van der Waals surface area contributed by atoms with Gasteiger partial charge in [0.15, 0.2) is 0 Å². The maximum absolute atomic E-state index is 6.72. The lowest BCUT2D eigenvalue weighted by Crippen LogP contribution is -2.02. The standard InChI is InChI=1S/C4H11N2S/c5-1-3-7-4-2-6/h5H,1-4,6H2.